The van der Waals surface area contributed by atoms with Crippen molar-refractivity contribution in [3.8, 4) is 0 Å². The normalized spacial score (nSPS) is 31.2. The predicted octanol–water partition coefficient (Wildman–Crippen LogP) is 7.69. The fourth-order valence-electron chi connectivity index (χ4n) is 6.79. The lowest BCUT2D eigenvalue weighted by Crippen LogP contribution is -2.19. The van der Waals surface area contributed by atoms with E-state index in [-0.39, 0.29) is 47.0 Å². The molecule has 0 aromatic heterocycles. The highest BCUT2D eigenvalue weighted by atomic mass is 14.8. The van der Waals surface area contributed by atoms with Crippen LogP contribution < -0.4 is 0 Å². The molecule has 4 atom stereocenters. The van der Waals surface area contributed by atoms with E-state index in [9.17, 15) is 0 Å². The summed E-state index contributed by atoms with van der Waals surface area (Å²) in [6.07, 6.45) is 5.56. The summed E-state index contributed by atoms with van der Waals surface area (Å²) in [6, 6.07) is 30.3. The van der Waals surface area contributed by atoms with Crippen molar-refractivity contribution in [2.24, 2.45) is 11.8 Å². The minimum absolute atomic E-state index is 0.0674. The van der Waals surface area contributed by atoms with Gasteiger partial charge in [0.15, 0.2) is 0 Å². The summed E-state index contributed by atoms with van der Waals surface area (Å²) < 4.78 is 42.7. The summed E-state index contributed by atoms with van der Waals surface area (Å²) in [6.45, 7) is 0. The van der Waals surface area contributed by atoms with Crippen molar-refractivity contribution in [3.05, 3.63) is 156 Å². The lowest BCUT2D eigenvalue weighted by molar-refractivity contribution is 0.560. The monoisotopic (exact) mass is 427 g/mol. The Bertz CT molecular complexity index is 1610. The van der Waals surface area contributed by atoms with Crippen molar-refractivity contribution in [1.82, 2.24) is 0 Å². The summed E-state index contributed by atoms with van der Waals surface area (Å²) >= 11 is 0. The van der Waals surface area contributed by atoms with Crippen molar-refractivity contribution in [2.75, 3.05) is 0 Å². The number of benzene rings is 4. The summed E-state index contributed by atoms with van der Waals surface area (Å²) in [4.78, 5) is 0. The molecule has 0 radical (unpaired) electrons. The Hall–Kier alpha value is -3.64. The van der Waals surface area contributed by atoms with E-state index in [0.717, 1.165) is 17.6 Å². The second-order valence-corrected chi connectivity index (χ2v) is 9.38. The first kappa shape index (κ1) is 14.5. The van der Waals surface area contributed by atoms with Crippen molar-refractivity contribution in [3.63, 3.8) is 0 Å². The van der Waals surface area contributed by atoms with Gasteiger partial charge in [0.05, 0.1) is 6.85 Å². The summed E-state index contributed by atoms with van der Waals surface area (Å²) in [5.41, 5.74) is 5.23. The van der Waals surface area contributed by atoms with Gasteiger partial charge in [-0.05, 0) is 45.7 Å². The molecule has 0 N–H and O–H groups in total. The Balaban J connectivity index is 1.59. The zero-order valence-electron chi connectivity index (χ0n) is 23.2. The Labute approximate surface area is 203 Å². The standard InChI is InChI=1S/C33H26/c1-5-13-24(14-6-1)29-22-32(26-17-9-3-10-18-26)31-21-28(29)30(25-15-7-2-8-16-25)23-33(31,32)27-19-11-4-12-20-27/h1-20,22-23,28,31H,21H2/t28-,31+,32+,33-/i1D,5D,6D,13D,14D/m0/s1. The van der Waals surface area contributed by atoms with E-state index in [2.05, 4.69) is 72.8 Å². The van der Waals surface area contributed by atoms with Gasteiger partial charge in [-0.2, -0.15) is 0 Å². The Morgan fingerprint density at radius 2 is 1.06 bits per heavy atom. The lowest BCUT2D eigenvalue weighted by Gasteiger charge is -2.31. The zero-order chi connectivity index (χ0) is 26.2. The van der Waals surface area contributed by atoms with E-state index < -0.39 is 0 Å². The first-order chi connectivity index (χ1) is 18.4. The van der Waals surface area contributed by atoms with E-state index >= 15 is 0 Å². The van der Waals surface area contributed by atoms with Gasteiger partial charge in [0, 0.05) is 16.7 Å². The van der Waals surface area contributed by atoms with Gasteiger partial charge in [-0.25, -0.2) is 0 Å². The van der Waals surface area contributed by atoms with Gasteiger partial charge in [0.25, 0.3) is 0 Å². The fraction of sp³-hybridized carbons (Fsp3) is 0.152. The molecule has 4 aromatic rings. The summed E-state index contributed by atoms with van der Waals surface area (Å²) in [5, 5.41) is 0. The minimum Gasteiger partial charge on any atom is -0.0680 e. The van der Waals surface area contributed by atoms with Crippen LogP contribution in [-0.4, -0.2) is 0 Å². The molecule has 0 amide bonds. The Kier molecular flexibility index (Phi) is 3.04. The van der Waals surface area contributed by atoms with Crippen LogP contribution >= 0.6 is 0 Å². The average molecular weight is 428 g/mol. The number of hydrogen-bond acceptors (Lipinski definition) is 0. The van der Waals surface area contributed by atoms with Gasteiger partial charge >= 0.3 is 0 Å². The van der Waals surface area contributed by atoms with Crippen LogP contribution in [0.25, 0.3) is 11.1 Å². The van der Waals surface area contributed by atoms with Gasteiger partial charge < -0.3 is 0 Å². The highest BCUT2D eigenvalue weighted by Crippen LogP contribution is 2.79. The Morgan fingerprint density at radius 1 is 0.576 bits per heavy atom. The molecule has 0 heterocycles. The number of rotatable bonds is 4. The molecule has 0 aliphatic heterocycles. The lowest BCUT2D eigenvalue weighted by atomic mass is 9.72. The molecule has 33 heavy (non-hydrogen) atoms. The maximum Gasteiger partial charge on any atom is 0.0629 e. The topological polar surface area (TPSA) is 0 Å². The highest BCUT2D eigenvalue weighted by molar-refractivity contribution is 5.91. The SMILES string of the molecule is [2H]c1c([2H])c([2H])c(C2=C[C@@]3(c4ccccc4)[C@H]4C[C@@H]2C(c2ccccc2)=C[C@]43c2ccccc2)c([2H])c1[2H]. The molecule has 3 aliphatic carbocycles. The van der Waals surface area contributed by atoms with Crippen LogP contribution in [0, 0.1) is 11.8 Å². The molecule has 158 valence electrons. The summed E-state index contributed by atoms with van der Waals surface area (Å²) in [5.74, 6) is 0.243. The molecule has 0 unspecified atom stereocenters. The van der Waals surface area contributed by atoms with Crippen LogP contribution in [0.2, 0.25) is 0 Å². The second-order valence-electron chi connectivity index (χ2n) is 9.38. The largest absolute Gasteiger partial charge is 0.0680 e. The zero-order valence-corrected chi connectivity index (χ0v) is 18.2. The van der Waals surface area contributed by atoms with E-state index in [4.69, 9.17) is 6.85 Å². The van der Waals surface area contributed by atoms with Crippen LogP contribution in [0.15, 0.2) is 133 Å². The van der Waals surface area contributed by atoms with Crippen LogP contribution in [0.1, 0.15) is 35.5 Å². The maximum absolute atomic E-state index is 8.85. The van der Waals surface area contributed by atoms with Crippen LogP contribution in [-0.2, 0) is 10.8 Å². The summed E-state index contributed by atoms with van der Waals surface area (Å²) in [7, 11) is 0. The van der Waals surface area contributed by atoms with Gasteiger partial charge in [-0.15, -0.1) is 0 Å². The second kappa shape index (κ2) is 6.93. The van der Waals surface area contributed by atoms with Crippen LogP contribution in [0.5, 0.6) is 0 Å². The van der Waals surface area contributed by atoms with Crippen LogP contribution in [0.4, 0.5) is 0 Å². The predicted molar refractivity (Wildman–Crippen MR) is 137 cm³/mol. The smallest absolute Gasteiger partial charge is 0.0629 e. The van der Waals surface area contributed by atoms with Gasteiger partial charge in [-0.1, -0.05) is 133 Å². The molecule has 0 spiro atoms. The number of hydrogen-bond donors (Lipinski definition) is 0. The molecule has 7 rings (SSSR count). The van der Waals surface area contributed by atoms with Crippen LogP contribution in [0.3, 0.4) is 0 Å². The van der Waals surface area contributed by atoms with Crippen molar-refractivity contribution < 1.29 is 6.85 Å². The van der Waals surface area contributed by atoms with E-state index in [1.165, 1.54) is 16.7 Å². The molecule has 0 nitrogen and oxygen atoms in total. The third-order valence-corrected chi connectivity index (χ3v) is 8.09. The van der Waals surface area contributed by atoms with Crippen molar-refractivity contribution >= 4 is 11.1 Å². The molecule has 1 fully saturated rings. The quantitative estimate of drug-likeness (QED) is 0.313. The number of fused-ring (bicyclic) bond motifs is 2. The molecular formula is C33H26. The fourth-order valence-corrected chi connectivity index (χ4v) is 6.79. The minimum atomic E-state index is -0.374. The molecular weight excluding hydrogens is 396 g/mol. The first-order valence-electron chi connectivity index (χ1n) is 14.1. The maximum atomic E-state index is 8.85. The molecule has 1 saturated carbocycles. The third kappa shape index (κ3) is 2.47. The van der Waals surface area contributed by atoms with Crippen molar-refractivity contribution in [1.29, 1.82) is 0 Å². The molecule has 0 heteroatoms. The third-order valence-electron chi connectivity index (χ3n) is 8.09. The van der Waals surface area contributed by atoms with E-state index in [1.54, 1.807) is 0 Å². The molecule has 4 aromatic carbocycles. The van der Waals surface area contributed by atoms with E-state index in [0.29, 0.717) is 11.5 Å². The average Bonchev–Trinajstić information content (AvgIpc) is 3.62. The molecule has 0 saturated heterocycles. The van der Waals surface area contributed by atoms with Gasteiger partial charge in [-0.3, -0.25) is 0 Å². The first-order valence-corrected chi connectivity index (χ1v) is 11.6. The van der Waals surface area contributed by atoms with Crippen molar-refractivity contribution in [2.45, 2.75) is 17.3 Å². The van der Waals surface area contributed by atoms with Gasteiger partial charge in [0.2, 0.25) is 0 Å². The molecule has 2 bridgehead atoms. The molecule has 3 aliphatic rings. The number of allylic oxidation sites excluding steroid dienone is 4. The highest BCUT2D eigenvalue weighted by Gasteiger charge is 2.78. The van der Waals surface area contributed by atoms with Gasteiger partial charge in [0.1, 0.15) is 0 Å². The Morgan fingerprint density at radius 3 is 1.61 bits per heavy atom. The van der Waals surface area contributed by atoms with E-state index in [1.807, 2.05) is 30.3 Å².